The summed E-state index contributed by atoms with van der Waals surface area (Å²) in [4.78, 5) is 0. The highest BCUT2D eigenvalue weighted by atomic mass is 28.4. The third kappa shape index (κ3) is 4.11. The molecule has 202 valence electrons. The Bertz CT molecular complexity index is 962. The standard InChI is InChI=1S/C31H50O4Si/c1-28(2,3)36(6,7)35-19-18-34-24-10-14-29(4)22(20-24)8-9-25-26(29)11-15-30(5)27(25)12-16-31(30,32)23-13-17-33-21-23/h8,13,17,21,24-27,32H,9-12,14-16,18-20H2,1-7H3/t24?,25-,26-,27+,29+,30+,31?/m1/s1. The molecule has 1 aromatic heterocycles. The molecule has 5 rings (SSSR count). The van der Waals surface area contributed by atoms with E-state index in [1.54, 1.807) is 18.1 Å². The van der Waals surface area contributed by atoms with E-state index in [0.717, 1.165) is 43.6 Å². The summed E-state index contributed by atoms with van der Waals surface area (Å²) in [6.45, 7) is 17.9. The molecule has 5 heteroatoms. The molecule has 1 N–H and O–H groups in total. The molecule has 0 aromatic carbocycles. The predicted octanol–water partition coefficient (Wildman–Crippen LogP) is 7.84. The zero-order valence-corrected chi connectivity index (χ0v) is 24.9. The lowest BCUT2D eigenvalue weighted by molar-refractivity contribution is -0.130. The van der Waals surface area contributed by atoms with Gasteiger partial charge in [-0.05, 0) is 98.7 Å². The molecule has 0 spiro atoms. The molecule has 7 atom stereocenters. The van der Waals surface area contributed by atoms with Crippen molar-refractivity contribution in [2.45, 2.75) is 116 Å². The Labute approximate surface area is 220 Å². The highest BCUT2D eigenvalue weighted by molar-refractivity contribution is 6.74. The van der Waals surface area contributed by atoms with Gasteiger partial charge in [-0.15, -0.1) is 0 Å². The van der Waals surface area contributed by atoms with E-state index < -0.39 is 13.9 Å². The lowest BCUT2D eigenvalue weighted by Crippen LogP contribution is -2.53. The largest absolute Gasteiger partial charge is 0.472 e. The van der Waals surface area contributed by atoms with Gasteiger partial charge in [0.2, 0.25) is 0 Å². The van der Waals surface area contributed by atoms with Crippen LogP contribution in [0.15, 0.2) is 34.7 Å². The van der Waals surface area contributed by atoms with Crippen molar-refractivity contribution < 1.29 is 18.7 Å². The molecule has 0 saturated heterocycles. The summed E-state index contributed by atoms with van der Waals surface area (Å²) in [6, 6.07) is 1.98. The van der Waals surface area contributed by atoms with Crippen molar-refractivity contribution in [3.63, 3.8) is 0 Å². The second-order valence-electron chi connectivity index (χ2n) is 14.5. The molecule has 0 radical (unpaired) electrons. The Hall–Kier alpha value is -0.883. The van der Waals surface area contributed by atoms with Crippen LogP contribution >= 0.6 is 0 Å². The summed E-state index contributed by atoms with van der Waals surface area (Å²) in [6.07, 6.45) is 15.3. The van der Waals surface area contributed by atoms with Crippen LogP contribution in [-0.2, 0) is 14.8 Å². The predicted molar refractivity (Wildman–Crippen MR) is 147 cm³/mol. The van der Waals surface area contributed by atoms with Gasteiger partial charge in [0.1, 0.15) is 0 Å². The van der Waals surface area contributed by atoms with Crippen molar-refractivity contribution in [2.75, 3.05) is 13.2 Å². The van der Waals surface area contributed by atoms with E-state index in [9.17, 15) is 5.11 Å². The second kappa shape index (κ2) is 9.10. The van der Waals surface area contributed by atoms with Crippen LogP contribution in [-0.4, -0.2) is 32.7 Å². The number of aliphatic hydroxyl groups is 1. The minimum Gasteiger partial charge on any atom is -0.472 e. The molecule has 1 heterocycles. The monoisotopic (exact) mass is 514 g/mol. The summed E-state index contributed by atoms with van der Waals surface area (Å²) >= 11 is 0. The van der Waals surface area contributed by atoms with Crippen LogP contribution in [0.5, 0.6) is 0 Å². The Kier molecular flexibility index (Phi) is 6.75. The van der Waals surface area contributed by atoms with E-state index in [-0.39, 0.29) is 15.9 Å². The fourth-order valence-corrected chi connectivity index (χ4v) is 9.51. The SMILES string of the molecule is CC(C)(C)[Si](C)(C)OCCOC1CC[C@@]2(C)C(=CC[C@@H]3[C@H]2CC[C@@]2(C)[C@H]3CCC2(O)c2ccoc2)C1. The fraction of sp³-hybridized carbons (Fsp3) is 0.806. The van der Waals surface area contributed by atoms with Crippen LogP contribution in [0.3, 0.4) is 0 Å². The van der Waals surface area contributed by atoms with Gasteiger partial charge < -0.3 is 18.7 Å². The summed E-state index contributed by atoms with van der Waals surface area (Å²) in [7, 11) is -1.71. The number of hydrogen-bond acceptors (Lipinski definition) is 4. The minimum atomic E-state index is -1.71. The maximum absolute atomic E-state index is 11.9. The number of ether oxygens (including phenoxy) is 1. The summed E-state index contributed by atoms with van der Waals surface area (Å²) in [5, 5.41) is 12.2. The van der Waals surface area contributed by atoms with Gasteiger partial charge in [-0.2, -0.15) is 0 Å². The zero-order chi connectivity index (χ0) is 26.0. The van der Waals surface area contributed by atoms with Gasteiger partial charge in [-0.3, -0.25) is 0 Å². The van der Waals surface area contributed by atoms with Gasteiger partial charge >= 0.3 is 0 Å². The highest BCUT2D eigenvalue weighted by Crippen LogP contribution is 2.69. The summed E-state index contributed by atoms with van der Waals surface area (Å²) < 4.78 is 18.1. The van der Waals surface area contributed by atoms with E-state index in [4.69, 9.17) is 13.6 Å². The van der Waals surface area contributed by atoms with Crippen molar-refractivity contribution in [2.24, 2.45) is 28.6 Å². The topological polar surface area (TPSA) is 51.8 Å². The number of rotatable bonds is 6. The van der Waals surface area contributed by atoms with E-state index in [0.29, 0.717) is 31.2 Å². The van der Waals surface area contributed by atoms with Crippen molar-refractivity contribution in [1.29, 1.82) is 0 Å². The van der Waals surface area contributed by atoms with E-state index in [2.05, 4.69) is 53.8 Å². The molecule has 3 fully saturated rings. The summed E-state index contributed by atoms with van der Waals surface area (Å²) in [5.74, 6) is 1.98. The highest BCUT2D eigenvalue weighted by Gasteiger charge is 2.64. The minimum absolute atomic E-state index is 0.0653. The Morgan fingerprint density at radius 2 is 1.81 bits per heavy atom. The first-order valence-corrected chi connectivity index (χ1v) is 17.4. The quantitative estimate of drug-likeness (QED) is 0.239. The first-order chi connectivity index (χ1) is 16.8. The van der Waals surface area contributed by atoms with Crippen LogP contribution < -0.4 is 0 Å². The van der Waals surface area contributed by atoms with Crippen LogP contribution in [0.4, 0.5) is 0 Å². The average Bonchev–Trinajstić information content (AvgIpc) is 3.44. The van der Waals surface area contributed by atoms with Crippen molar-refractivity contribution in [3.05, 3.63) is 35.8 Å². The van der Waals surface area contributed by atoms with Gasteiger partial charge in [-0.1, -0.05) is 46.3 Å². The van der Waals surface area contributed by atoms with Crippen LogP contribution in [0, 0.1) is 28.6 Å². The number of hydrogen-bond donors (Lipinski definition) is 1. The third-order valence-electron chi connectivity index (χ3n) is 11.9. The lowest BCUT2D eigenvalue weighted by atomic mass is 9.46. The fourth-order valence-electron chi connectivity index (χ4n) is 8.49. The van der Waals surface area contributed by atoms with Gasteiger partial charge in [0.15, 0.2) is 8.32 Å². The maximum atomic E-state index is 11.9. The molecule has 4 nitrogen and oxygen atoms in total. The molecule has 0 aliphatic heterocycles. The third-order valence-corrected chi connectivity index (χ3v) is 16.5. The van der Waals surface area contributed by atoms with Crippen LogP contribution in [0.25, 0.3) is 0 Å². The number of fused-ring (bicyclic) bond motifs is 5. The van der Waals surface area contributed by atoms with E-state index >= 15 is 0 Å². The Morgan fingerprint density at radius 1 is 1.06 bits per heavy atom. The lowest BCUT2D eigenvalue weighted by Gasteiger charge is -2.59. The summed E-state index contributed by atoms with van der Waals surface area (Å²) in [5.41, 5.74) is 2.11. The number of allylic oxidation sites excluding steroid dienone is 1. The van der Waals surface area contributed by atoms with Gasteiger partial charge in [-0.25, -0.2) is 0 Å². The number of furan rings is 1. The molecular weight excluding hydrogens is 464 g/mol. The first kappa shape index (κ1) is 26.7. The Morgan fingerprint density at radius 3 is 2.50 bits per heavy atom. The molecular formula is C31H50O4Si. The molecule has 0 amide bonds. The van der Waals surface area contributed by atoms with E-state index in [1.807, 2.05) is 6.07 Å². The zero-order valence-electron chi connectivity index (χ0n) is 23.9. The van der Waals surface area contributed by atoms with E-state index in [1.165, 1.54) is 19.3 Å². The van der Waals surface area contributed by atoms with Gasteiger partial charge in [0.25, 0.3) is 0 Å². The van der Waals surface area contributed by atoms with Crippen molar-refractivity contribution in [1.82, 2.24) is 0 Å². The van der Waals surface area contributed by atoms with Crippen LogP contribution in [0.2, 0.25) is 18.1 Å². The molecule has 0 bridgehead atoms. The average molecular weight is 515 g/mol. The second-order valence-corrected chi connectivity index (χ2v) is 19.3. The van der Waals surface area contributed by atoms with Crippen LogP contribution in [0.1, 0.15) is 91.5 Å². The molecule has 36 heavy (non-hydrogen) atoms. The van der Waals surface area contributed by atoms with Crippen molar-refractivity contribution in [3.8, 4) is 0 Å². The molecule has 3 saturated carbocycles. The van der Waals surface area contributed by atoms with Gasteiger partial charge in [0.05, 0.1) is 37.4 Å². The molecule has 2 unspecified atom stereocenters. The smallest absolute Gasteiger partial charge is 0.192 e. The van der Waals surface area contributed by atoms with Gasteiger partial charge in [0, 0.05) is 11.0 Å². The first-order valence-electron chi connectivity index (χ1n) is 14.5. The Balaban J connectivity index is 1.23. The molecule has 4 aliphatic carbocycles. The van der Waals surface area contributed by atoms with Crippen molar-refractivity contribution >= 4 is 8.32 Å². The molecule has 4 aliphatic rings. The maximum Gasteiger partial charge on any atom is 0.192 e. The molecule has 1 aromatic rings. The normalized spacial score (nSPS) is 40.8.